The molecule has 0 unspecified atom stereocenters. The van der Waals surface area contributed by atoms with E-state index in [9.17, 15) is 9.18 Å². The third-order valence-electron chi connectivity index (χ3n) is 3.11. The van der Waals surface area contributed by atoms with Crippen LogP contribution in [0.15, 0.2) is 18.2 Å². The number of nitrogens with zero attached hydrogens (tertiary/aromatic N) is 3. The first-order valence-electron chi connectivity index (χ1n) is 6.43. The Morgan fingerprint density at radius 2 is 2.19 bits per heavy atom. The summed E-state index contributed by atoms with van der Waals surface area (Å²) in [7, 11) is 1.39. The van der Waals surface area contributed by atoms with Gasteiger partial charge in [-0.25, -0.2) is 13.9 Å². The van der Waals surface area contributed by atoms with Gasteiger partial charge in [0.25, 0.3) is 0 Å². The number of halogens is 1. The van der Waals surface area contributed by atoms with Gasteiger partial charge in [-0.15, -0.1) is 5.10 Å². The van der Waals surface area contributed by atoms with Crippen molar-refractivity contribution in [3.05, 3.63) is 41.0 Å². The monoisotopic (exact) mass is 293 g/mol. The van der Waals surface area contributed by atoms with Crippen molar-refractivity contribution in [1.29, 1.82) is 0 Å². The van der Waals surface area contributed by atoms with Crippen LogP contribution >= 0.6 is 0 Å². The van der Waals surface area contributed by atoms with Crippen molar-refractivity contribution in [3.63, 3.8) is 0 Å². The van der Waals surface area contributed by atoms with Crippen molar-refractivity contribution < 1.29 is 19.0 Å². The highest BCUT2D eigenvalue weighted by molar-refractivity contribution is 5.86. The molecular formula is C14H16FN3O3. The Morgan fingerprint density at radius 3 is 2.76 bits per heavy atom. The molecule has 0 saturated carbocycles. The van der Waals surface area contributed by atoms with Gasteiger partial charge in [0, 0.05) is 5.56 Å². The Morgan fingerprint density at radius 1 is 1.48 bits per heavy atom. The van der Waals surface area contributed by atoms with Crippen molar-refractivity contribution in [3.8, 4) is 5.75 Å². The quantitative estimate of drug-likeness (QED) is 0.915. The normalized spacial score (nSPS) is 10.9. The van der Waals surface area contributed by atoms with Crippen LogP contribution in [0.1, 0.15) is 41.5 Å². The van der Waals surface area contributed by atoms with E-state index < -0.39 is 11.8 Å². The van der Waals surface area contributed by atoms with Crippen LogP contribution in [-0.4, -0.2) is 33.2 Å². The molecule has 0 aliphatic rings. The summed E-state index contributed by atoms with van der Waals surface area (Å²) in [4.78, 5) is 11.1. The zero-order valence-electron chi connectivity index (χ0n) is 12.0. The van der Waals surface area contributed by atoms with E-state index in [1.54, 1.807) is 12.1 Å². The molecule has 21 heavy (non-hydrogen) atoms. The number of aromatic carboxylic acids is 1. The lowest BCUT2D eigenvalue weighted by atomic mass is 10.1. The Hall–Kier alpha value is -2.44. The predicted octanol–water partition coefficient (Wildman–Crippen LogP) is 2.30. The number of methoxy groups -OCH3 is 1. The lowest BCUT2D eigenvalue weighted by Gasteiger charge is -2.11. The summed E-state index contributed by atoms with van der Waals surface area (Å²) in [6, 6.07) is 4.79. The molecule has 0 fully saturated rings. The number of carbonyl (C=O) groups is 1. The summed E-state index contributed by atoms with van der Waals surface area (Å²) in [5.74, 6) is -1.59. The van der Waals surface area contributed by atoms with Gasteiger partial charge in [-0.2, -0.15) is 0 Å². The Labute approximate surface area is 121 Å². The SMILES string of the molecule is COc1cccc(Cn2nnc(C(=O)O)c2C(C)C)c1F. The molecule has 1 N–H and O–H groups in total. The Bertz CT molecular complexity index is 667. The molecule has 0 atom stereocenters. The first-order valence-corrected chi connectivity index (χ1v) is 6.43. The zero-order valence-corrected chi connectivity index (χ0v) is 12.0. The summed E-state index contributed by atoms with van der Waals surface area (Å²) in [5.41, 5.74) is 0.719. The fourth-order valence-corrected chi connectivity index (χ4v) is 2.16. The molecule has 0 saturated heterocycles. The number of hydrogen-bond donors (Lipinski definition) is 1. The van der Waals surface area contributed by atoms with Crippen molar-refractivity contribution in [2.24, 2.45) is 0 Å². The fourth-order valence-electron chi connectivity index (χ4n) is 2.16. The highest BCUT2D eigenvalue weighted by Crippen LogP contribution is 2.23. The van der Waals surface area contributed by atoms with E-state index in [1.165, 1.54) is 17.9 Å². The molecule has 112 valence electrons. The lowest BCUT2D eigenvalue weighted by molar-refractivity contribution is 0.0688. The van der Waals surface area contributed by atoms with E-state index in [4.69, 9.17) is 9.84 Å². The number of benzene rings is 1. The van der Waals surface area contributed by atoms with Gasteiger partial charge in [0.1, 0.15) is 0 Å². The molecule has 0 radical (unpaired) electrons. The molecule has 6 nitrogen and oxygen atoms in total. The molecule has 0 amide bonds. The molecule has 0 spiro atoms. The second-order valence-electron chi connectivity index (χ2n) is 4.87. The molecular weight excluding hydrogens is 277 g/mol. The summed E-state index contributed by atoms with van der Waals surface area (Å²) < 4.78 is 20.5. The van der Waals surface area contributed by atoms with Gasteiger partial charge in [0.2, 0.25) is 0 Å². The van der Waals surface area contributed by atoms with Crippen LogP contribution in [0.4, 0.5) is 4.39 Å². The van der Waals surface area contributed by atoms with Gasteiger partial charge in [-0.3, -0.25) is 0 Å². The summed E-state index contributed by atoms with van der Waals surface area (Å²) >= 11 is 0. The smallest absolute Gasteiger partial charge is 0.358 e. The Kier molecular flexibility index (Phi) is 4.21. The predicted molar refractivity (Wildman–Crippen MR) is 73.1 cm³/mol. The van der Waals surface area contributed by atoms with Crippen LogP contribution in [0.5, 0.6) is 5.75 Å². The first kappa shape index (κ1) is 15.0. The molecule has 0 aliphatic carbocycles. The third kappa shape index (κ3) is 2.86. The van der Waals surface area contributed by atoms with Crippen LogP contribution < -0.4 is 4.74 Å². The minimum absolute atomic E-state index is 0.0941. The fraction of sp³-hybridized carbons (Fsp3) is 0.357. The maximum atomic E-state index is 14.2. The molecule has 2 aromatic rings. The number of hydrogen-bond acceptors (Lipinski definition) is 4. The zero-order chi connectivity index (χ0) is 15.6. The van der Waals surface area contributed by atoms with E-state index in [-0.39, 0.29) is 23.9 Å². The average molecular weight is 293 g/mol. The van der Waals surface area contributed by atoms with Gasteiger partial charge < -0.3 is 9.84 Å². The number of carboxylic acids is 1. The van der Waals surface area contributed by atoms with Crippen LogP contribution in [0, 0.1) is 5.82 Å². The number of aromatic nitrogens is 3. The van der Waals surface area contributed by atoms with Crippen LogP contribution in [-0.2, 0) is 6.54 Å². The molecule has 0 aliphatic heterocycles. The molecule has 0 bridgehead atoms. The van der Waals surface area contributed by atoms with E-state index in [0.717, 1.165) is 0 Å². The van der Waals surface area contributed by atoms with Crippen molar-refractivity contribution in [1.82, 2.24) is 15.0 Å². The number of ether oxygens (including phenoxy) is 1. The second kappa shape index (κ2) is 5.90. The Balaban J connectivity index is 2.43. The lowest BCUT2D eigenvalue weighted by Crippen LogP contribution is -2.12. The second-order valence-corrected chi connectivity index (χ2v) is 4.87. The number of carboxylic acid groups (broad SMARTS) is 1. The van der Waals surface area contributed by atoms with Crippen LogP contribution in [0.25, 0.3) is 0 Å². The minimum Gasteiger partial charge on any atom is -0.494 e. The standard InChI is InChI=1S/C14H16FN3O3/c1-8(2)13-12(14(19)20)16-17-18(13)7-9-5-4-6-10(21-3)11(9)15/h4-6,8H,7H2,1-3H3,(H,19,20). The van der Waals surface area contributed by atoms with Gasteiger partial charge in [0.05, 0.1) is 19.3 Å². The largest absolute Gasteiger partial charge is 0.494 e. The molecule has 1 aromatic carbocycles. The minimum atomic E-state index is -1.14. The summed E-state index contributed by atoms with van der Waals surface area (Å²) in [5, 5.41) is 16.6. The molecule has 1 aromatic heterocycles. The molecule has 2 rings (SSSR count). The van der Waals surface area contributed by atoms with E-state index in [0.29, 0.717) is 11.3 Å². The number of rotatable bonds is 5. The maximum Gasteiger partial charge on any atom is 0.358 e. The van der Waals surface area contributed by atoms with E-state index in [1.807, 2.05) is 13.8 Å². The summed E-state index contributed by atoms with van der Waals surface area (Å²) in [6.07, 6.45) is 0. The molecule has 1 heterocycles. The van der Waals surface area contributed by atoms with Crippen molar-refractivity contribution in [2.75, 3.05) is 7.11 Å². The van der Waals surface area contributed by atoms with Crippen molar-refractivity contribution >= 4 is 5.97 Å². The van der Waals surface area contributed by atoms with E-state index in [2.05, 4.69) is 10.3 Å². The molecule has 7 heteroatoms. The van der Waals surface area contributed by atoms with Gasteiger partial charge in [0.15, 0.2) is 17.3 Å². The topological polar surface area (TPSA) is 77.2 Å². The van der Waals surface area contributed by atoms with E-state index >= 15 is 0 Å². The van der Waals surface area contributed by atoms with Gasteiger partial charge in [-0.1, -0.05) is 31.2 Å². The average Bonchev–Trinajstić information content (AvgIpc) is 2.85. The van der Waals surface area contributed by atoms with Gasteiger partial charge >= 0.3 is 5.97 Å². The summed E-state index contributed by atoms with van der Waals surface area (Å²) in [6.45, 7) is 3.77. The van der Waals surface area contributed by atoms with Crippen LogP contribution in [0.2, 0.25) is 0 Å². The highest BCUT2D eigenvalue weighted by Gasteiger charge is 2.22. The third-order valence-corrected chi connectivity index (χ3v) is 3.11. The van der Waals surface area contributed by atoms with Crippen LogP contribution in [0.3, 0.4) is 0 Å². The van der Waals surface area contributed by atoms with Crippen molar-refractivity contribution in [2.45, 2.75) is 26.3 Å². The maximum absolute atomic E-state index is 14.2. The highest BCUT2D eigenvalue weighted by atomic mass is 19.1. The first-order chi connectivity index (χ1) is 9.95. The van der Waals surface area contributed by atoms with Gasteiger partial charge in [-0.05, 0) is 12.0 Å².